The molecule has 0 spiro atoms. The normalized spacial score (nSPS) is 16.8. The molecule has 0 aromatic carbocycles. The third-order valence-electron chi connectivity index (χ3n) is 2.06. The number of hydrogen-bond donors (Lipinski definition) is 0. The first kappa shape index (κ1) is 9.74. The van der Waals surface area contributed by atoms with Gasteiger partial charge >= 0.3 is 0 Å². The van der Waals surface area contributed by atoms with Gasteiger partial charge < -0.3 is 0 Å². The zero-order chi connectivity index (χ0) is 7.98. The van der Waals surface area contributed by atoms with Gasteiger partial charge in [0.15, 0.2) is 0 Å². The minimum Gasteiger partial charge on any atom is -0.0741 e. The minimum atomic E-state index is 1.28. The summed E-state index contributed by atoms with van der Waals surface area (Å²) in [5.74, 6) is 0. The first-order valence-electron chi connectivity index (χ1n) is 4.52. The molecular weight excluding hydrogens is 120 g/mol. The molecule has 1 rings (SSSR count). The lowest BCUT2D eigenvalue weighted by Crippen LogP contribution is -1.73. The average molecular weight is 140 g/mol. The van der Waals surface area contributed by atoms with E-state index in [-0.39, 0.29) is 0 Å². The molecule has 0 atom stereocenters. The maximum absolute atomic E-state index is 2.27. The van der Waals surface area contributed by atoms with Crippen LogP contribution in [0.1, 0.15) is 53.4 Å². The standard InChI is InChI=1S/C8H14.C2H6/c1-3-8-6-4-5-7(8)2;1-2/h3-6H2,1-2H3;1-2H3. The van der Waals surface area contributed by atoms with Crippen LogP contribution < -0.4 is 0 Å². The molecule has 0 heterocycles. The Labute approximate surface area is 65.3 Å². The van der Waals surface area contributed by atoms with Gasteiger partial charge in [-0.1, -0.05) is 31.9 Å². The molecule has 60 valence electrons. The van der Waals surface area contributed by atoms with Crippen molar-refractivity contribution in [2.24, 2.45) is 0 Å². The number of hydrogen-bond acceptors (Lipinski definition) is 0. The highest BCUT2D eigenvalue weighted by atomic mass is 14.1. The molecule has 0 aromatic rings. The Morgan fingerprint density at radius 1 is 1.20 bits per heavy atom. The van der Waals surface area contributed by atoms with Gasteiger partial charge in [-0.05, 0) is 32.6 Å². The van der Waals surface area contributed by atoms with E-state index >= 15 is 0 Å². The van der Waals surface area contributed by atoms with Gasteiger partial charge in [0.25, 0.3) is 0 Å². The molecule has 0 aromatic heterocycles. The molecule has 0 bridgehead atoms. The van der Waals surface area contributed by atoms with Crippen molar-refractivity contribution in [3.63, 3.8) is 0 Å². The summed E-state index contributed by atoms with van der Waals surface area (Å²) in [4.78, 5) is 0. The summed E-state index contributed by atoms with van der Waals surface area (Å²) in [7, 11) is 0. The van der Waals surface area contributed by atoms with E-state index in [2.05, 4.69) is 13.8 Å². The van der Waals surface area contributed by atoms with E-state index in [9.17, 15) is 0 Å². The lowest BCUT2D eigenvalue weighted by atomic mass is 10.1. The van der Waals surface area contributed by atoms with E-state index < -0.39 is 0 Å². The molecule has 0 nitrogen and oxygen atoms in total. The summed E-state index contributed by atoms with van der Waals surface area (Å²) in [6.07, 6.45) is 5.44. The molecule has 0 amide bonds. The molecule has 0 N–H and O–H groups in total. The summed E-state index contributed by atoms with van der Waals surface area (Å²) in [5, 5.41) is 0. The molecule has 0 saturated carbocycles. The number of allylic oxidation sites excluding steroid dienone is 2. The Hall–Kier alpha value is -0.260. The van der Waals surface area contributed by atoms with E-state index in [4.69, 9.17) is 0 Å². The Balaban J connectivity index is 0.000000371. The van der Waals surface area contributed by atoms with E-state index in [1.165, 1.54) is 25.7 Å². The maximum Gasteiger partial charge on any atom is -0.0315 e. The molecule has 0 fully saturated rings. The van der Waals surface area contributed by atoms with E-state index in [0.29, 0.717) is 0 Å². The second-order valence-electron chi connectivity index (χ2n) is 2.59. The summed E-state index contributed by atoms with van der Waals surface area (Å²) < 4.78 is 0. The molecule has 0 heteroatoms. The smallest absolute Gasteiger partial charge is 0.0315 e. The second kappa shape index (κ2) is 5.52. The molecule has 10 heavy (non-hydrogen) atoms. The third-order valence-corrected chi connectivity index (χ3v) is 2.06. The Kier molecular flexibility index (Phi) is 5.38. The van der Waals surface area contributed by atoms with Crippen molar-refractivity contribution in [1.82, 2.24) is 0 Å². The molecule has 0 unspecified atom stereocenters. The fourth-order valence-corrected chi connectivity index (χ4v) is 1.44. The lowest BCUT2D eigenvalue weighted by molar-refractivity contribution is 0.874. The first-order chi connectivity index (χ1) is 4.84. The summed E-state index contributed by atoms with van der Waals surface area (Å²) in [6.45, 7) is 8.52. The molecule has 1 aliphatic rings. The predicted molar refractivity (Wildman–Crippen MR) is 48.2 cm³/mol. The lowest BCUT2D eigenvalue weighted by Gasteiger charge is -1.94. The maximum atomic E-state index is 2.27. The highest BCUT2D eigenvalue weighted by Gasteiger charge is 2.06. The van der Waals surface area contributed by atoms with Gasteiger partial charge in [-0.2, -0.15) is 0 Å². The van der Waals surface area contributed by atoms with Crippen molar-refractivity contribution in [1.29, 1.82) is 0 Å². The van der Waals surface area contributed by atoms with E-state index in [1.807, 2.05) is 13.8 Å². The Morgan fingerprint density at radius 2 is 1.80 bits per heavy atom. The van der Waals surface area contributed by atoms with Crippen LogP contribution in [0, 0.1) is 0 Å². The van der Waals surface area contributed by atoms with Gasteiger partial charge in [0.05, 0.1) is 0 Å². The molecular formula is C10H20. The highest BCUT2D eigenvalue weighted by molar-refractivity contribution is 5.16. The second-order valence-corrected chi connectivity index (χ2v) is 2.59. The minimum absolute atomic E-state index is 1.28. The van der Waals surface area contributed by atoms with Crippen LogP contribution in [0.25, 0.3) is 0 Å². The van der Waals surface area contributed by atoms with Gasteiger partial charge in [0, 0.05) is 0 Å². The van der Waals surface area contributed by atoms with E-state index in [1.54, 1.807) is 11.1 Å². The summed E-state index contributed by atoms with van der Waals surface area (Å²) in [5.41, 5.74) is 3.37. The zero-order valence-electron chi connectivity index (χ0n) is 7.83. The summed E-state index contributed by atoms with van der Waals surface area (Å²) >= 11 is 0. The molecule has 0 aliphatic heterocycles. The van der Waals surface area contributed by atoms with Crippen molar-refractivity contribution in [2.45, 2.75) is 53.4 Å². The largest absolute Gasteiger partial charge is 0.0741 e. The van der Waals surface area contributed by atoms with Crippen molar-refractivity contribution in [3.8, 4) is 0 Å². The molecule has 0 radical (unpaired) electrons. The van der Waals surface area contributed by atoms with Crippen LogP contribution >= 0.6 is 0 Å². The van der Waals surface area contributed by atoms with Gasteiger partial charge in [0.1, 0.15) is 0 Å². The van der Waals surface area contributed by atoms with Crippen LogP contribution in [-0.2, 0) is 0 Å². The summed E-state index contributed by atoms with van der Waals surface area (Å²) in [6, 6.07) is 0. The quantitative estimate of drug-likeness (QED) is 0.484. The van der Waals surface area contributed by atoms with Crippen molar-refractivity contribution >= 4 is 0 Å². The van der Waals surface area contributed by atoms with Gasteiger partial charge in [-0.15, -0.1) is 0 Å². The average Bonchev–Trinajstić information content (AvgIpc) is 2.39. The molecule has 0 saturated heterocycles. The first-order valence-corrected chi connectivity index (χ1v) is 4.52. The van der Waals surface area contributed by atoms with Crippen molar-refractivity contribution < 1.29 is 0 Å². The van der Waals surface area contributed by atoms with Gasteiger partial charge in [0.2, 0.25) is 0 Å². The van der Waals surface area contributed by atoms with Crippen LogP contribution in [0.3, 0.4) is 0 Å². The number of rotatable bonds is 1. The van der Waals surface area contributed by atoms with Gasteiger partial charge in [-0.25, -0.2) is 0 Å². The van der Waals surface area contributed by atoms with Crippen LogP contribution in [0.4, 0.5) is 0 Å². The van der Waals surface area contributed by atoms with Crippen molar-refractivity contribution in [2.75, 3.05) is 0 Å². The SMILES string of the molecule is CC.CCC1=C(C)CCC1. The van der Waals surface area contributed by atoms with Crippen LogP contribution in [0.5, 0.6) is 0 Å². The zero-order valence-corrected chi connectivity index (χ0v) is 7.83. The van der Waals surface area contributed by atoms with Crippen LogP contribution in [0.2, 0.25) is 0 Å². The van der Waals surface area contributed by atoms with Crippen LogP contribution in [0.15, 0.2) is 11.1 Å². The van der Waals surface area contributed by atoms with E-state index in [0.717, 1.165) is 0 Å². The Bertz CT molecular complexity index is 109. The highest BCUT2D eigenvalue weighted by Crippen LogP contribution is 2.26. The van der Waals surface area contributed by atoms with Gasteiger partial charge in [-0.3, -0.25) is 0 Å². The third kappa shape index (κ3) is 2.55. The fourth-order valence-electron chi connectivity index (χ4n) is 1.44. The fraction of sp³-hybridized carbons (Fsp3) is 0.800. The van der Waals surface area contributed by atoms with Crippen LogP contribution in [-0.4, -0.2) is 0 Å². The topological polar surface area (TPSA) is 0 Å². The predicted octanol–water partition coefficient (Wildman–Crippen LogP) is 3.92. The van der Waals surface area contributed by atoms with Crippen molar-refractivity contribution in [3.05, 3.63) is 11.1 Å². The monoisotopic (exact) mass is 140 g/mol. The molecule has 1 aliphatic carbocycles. The Morgan fingerprint density at radius 3 is 2.00 bits per heavy atom.